The first-order chi connectivity index (χ1) is 7.40. The van der Waals surface area contributed by atoms with Crippen molar-refractivity contribution < 1.29 is 4.79 Å². The Balaban J connectivity index is 2.48. The third-order valence-electron chi connectivity index (χ3n) is 3.31. The van der Waals surface area contributed by atoms with E-state index in [2.05, 4.69) is 27.5 Å². The summed E-state index contributed by atoms with van der Waals surface area (Å²) >= 11 is 5.31. The quantitative estimate of drug-likeness (QED) is 0.807. The lowest BCUT2D eigenvalue weighted by molar-refractivity contribution is -0.122. The zero-order valence-electron chi connectivity index (χ0n) is 10.4. The summed E-state index contributed by atoms with van der Waals surface area (Å²) in [5.41, 5.74) is 0. The van der Waals surface area contributed by atoms with Crippen LogP contribution in [0.4, 0.5) is 0 Å². The molecule has 0 aliphatic heterocycles. The maximum absolute atomic E-state index is 11.8. The number of hydrogen-bond donors (Lipinski definition) is 1. The molecular formula is C12H22BrNOS. The third kappa shape index (κ3) is 3.95. The summed E-state index contributed by atoms with van der Waals surface area (Å²) in [4.78, 5) is 11.8. The molecule has 94 valence electrons. The lowest BCUT2D eigenvalue weighted by Gasteiger charge is -2.36. The van der Waals surface area contributed by atoms with E-state index in [1.165, 1.54) is 32.1 Å². The van der Waals surface area contributed by atoms with Crippen molar-refractivity contribution in [1.82, 2.24) is 5.32 Å². The molecular weight excluding hydrogens is 286 g/mol. The van der Waals surface area contributed by atoms with E-state index in [9.17, 15) is 4.79 Å². The number of carbonyl (C=O) groups excluding carboxylic acids is 1. The first kappa shape index (κ1) is 14.4. The van der Waals surface area contributed by atoms with Crippen LogP contribution < -0.4 is 5.32 Å². The topological polar surface area (TPSA) is 29.1 Å². The Hall–Kier alpha value is 0.300. The molecule has 1 rings (SSSR count). The Morgan fingerprint density at radius 3 is 2.38 bits per heavy atom. The summed E-state index contributed by atoms with van der Waals surface area (Å²) in [7, 11) is 0. The molecule has 0 bridgehead atoms. The van der Waals surface area contributed by atoms with Gasteiger partial charge in [0.05, 0.1) is 4.32 Å². The van der Waals surface area contributed by atoms with Gasteiger partial charge in [-0.15, -0.1) is 0 Å². The van der Waals surface area contributed by atoms with Crippen molar-refractivity contribution >= 4 is 33.6 Å². The molecule has 0 aromatic heterocycles. The maximum atomic E-state index is 11.8. The number of thioether (sulfide) groups is 1. The predicted octanol–water partition coefficient (Wildman–Crippen LogP) is 3.34. The highest BCUT2D eigenvalue weighted by Crippen LogP contribution is 2.38. The highest BCUT2D eigenvalue weighted by molar-refractivity contribution is 9.10. The molecule has 4 heteroatoms. The largest absolute Gasteiger partial charge is 0.354 e. The monoisotopic (exact) mass is 307 g/mol. The fourth-order valence-electron chi connectivity index (χ4n) is 2.10. The Labute approximate surface area is 111 Å². The van der Waals surface area contributed by atoms with Crippen molar-refractivity contribution in [2.45, 2.75) is 55.0 Å². The smallest absolute Gasteiger partial charge is 0.236 e. The van der Waals surface area contributed by atoms with E-state index in [0.29, 0.717) is 0 Å². The van der Waals surface area contributed by atoms with E-state index in [-0.39, 0.29) is 10.7 Å². The lowest BCUT2D eigenvalue weighted by atomic mass is 9.88. The molecule has 1 aliphatic carbocycles. The zero-order valence-corrected chi connectivity index (χ0v) is 12.8. The molecule has 1 fully saturated rings. The second-order valence-electron chi connectivity index (χ2n) is 5.10. The van der Waals surface area contributed by atoms with E-state index in [1.807, 2.05) is 25.6 Å². The summed E-state index contributed by atoms with van der Waals surface area (Å²) in [6.45, 7) is 4.58. The fourth-order valence-corrected chi connectivity index (χ4v) is 3.15. The summed E-state index contributed by atoms with van der Waals surface area (Å²) in [6, 6.07) is 0. The maximum Gasteiger partial charge on any atom is 0.236 e. The SMILES string of the molecule is CSC1(CNC(=O)C(C)(C)Br)CCCCC1. The zero-order chi connectivity index (χ0) is 12.2. The minimum atomic E-state index is -0.457. The number of halogens is 1. The number of amides is 1. The van der Waals surface area contributed by atoms with Gasteiger partial charge in [0, 0.05) is 11.3 Å². The summed E-state index contributed by atoms with van der Waals surface area (Å²) < 4.78 is -0.173. The average Bonchev–Trinajstić information content (AvgIpc) is 2.26. The predicted molar refractivity (Wildman–Crippen MR) is 75.3 cm³/mol. The normalized spacial score (nSPS) is 20.5. The van der Waals surface area contributed by atoms with Gasteiger partial charge in [0.2, 0.25) is 5.91 Å². The summed E-state index contributed by atoms with van der Waals surface area (Å²) in [5, 5.41) is 3.08. The highest BCUT2D eigenvalue weighted by atomic mass is 79.9. The van der Waals surface area contributed by atoms with Crippen LogP contribution in [0.1, 0.15) is 46.0 Å². The highest BCUT2D eigenvalue weighted by Gasteiger charge is 2.33. The summed E-state index contributed by atoms with van der Waals surface area (Å²) in [5.74, 6) is 0.0894. The minimum Gasteiger partial charge on any atom is -0.354 e. The molecule has 0 aromatic carbocycles. The second kappa shape index (κ2) is 5.76. The lowest BCUT2D eigenvalue weighted by Crippen LogP contribution is -2.46. The van der Waals surface area contributed by atoms with Crippen LogP contribution in [0.15, 0.2) is 0 Å². The van der Waals surface area contributed by atoms with Crippen molar-refractivity contribution in [3.05, 3.63) is 0 Å². The van der Waals surface area contributed by atoms with Gasteiger partial charge >= 0.3 is 0 Å². The van der Waals surface area contributed by atoms with Crippen LogP contribution in [0, 0.1) is 0 Å². The van der Waals surface area contributed by atoms with Crippen LogP contribution >= 0.6 is 27.7 Å². The van der Waals surface area contributed by atoms with Gasteiger partial charge in [-0.1, -0.05) is 35.2 Å². The minimum absolute atomic E-state index is 0.0894. The Kier molecular flexibility index (Phi) is 5.17. The number of nitrogens with one attached hydrogen (secondary N) is 1. The molecule has 0 spiro atoms. The molecule has 1 saturated carbocycles. The van der Waals surface area contributed by atoms with Crippen LogP contribution in [0.25, 0.3) is 0 Å². The van der Waals surface area contributed by atoms with Gasteiger partial charge in [-0.25, -0.2) is 0 Å². The average molecular weight is 308 g/mol. The van der Waals surface area contributed by atoms with Gasteiger partial charge in [-0.3, -0.25) is 4.79 Å². The van der Waals surface area contributed by atoms with Crippen LogP contribution in [0.3, 0.4) is 0 Å². The van der Waals surface area contributed by atoms with Gasteiger partial charge in [-0.05, 0) is 32.9 Å². The Bertz CT molecular complexity index is 244. The molecule has 2 nitrogen and oxygen atoms in total. The van der Waals surface area contributed by atoms with Gasteiger partial charge < -0.3 is 5.32 Å². The van der Waals surface area contributed by atoms with Crippen molar-refractivity contribution in [2.24, 2.45) is 0 Å². The standard InChI is InChI=1S/C12H22BrNOS/c1-11(2,13)10(15)14-9-12(16-3)7-5-4-6-8-12/h4-9H2,1-3H3,(H,14,15). The van der Waals surface area contributed by atoms with Crippen LogP contribution in [0.2, 0.25) is 0 Å². The van der Waals surface area contributed by atoms with Gasteiger partial charge in [0.25, 0.3) is 0 Å². The van der Waals surface area contributed by atoms with Crippen LogP contribution in [0.5, 0.6) is 0 Å². The Morgan fingerprint density at radius 2 is 1.94 bits per heavy atom. The van der Waals surface area contributed by atoms with Crippen LogP contribution in [-0.2, 0) is 4.79 Å². The molecule has 0 atom stereocenters. The van der Waals surface area contributed by atoms with Gasteiger partial charge in [0.1, 0.15) is 0 Å². The van der Waals surface area contributed by atoms with Crippen molar-refractivity contribution in [1.29, 1.82) is 0 Å². The number of carbonyl (C=O) groups is 1. The van der Waals surface area contributed by atoms with E-state index < -0.39 is 4.32 Å². The fraction of sp³-hybridized carbons (Fsp3) is 0.917. The van der Waals surface area contributed by atoms with E-state index >= 15 is 0 Å². The third-order valence-corrected chi connectivity index (χ3v) is 5.09. The second-order valence-corrected chi connectivity index (χ2v) is 8.36. The number of rotatable bonds is 4. The van der Waals surface area contributed by atoms with Crippen molar-refractivity contribution in [3.8, 4) is 0 Å². The first-order valence-corrected chi connectivity index (χ1v) is 7.94. The Morgan fingerprint density at radius 1 is 1.38 bits per heavy atom. The van der Waals surface area contributed by atoms with E-state index in [0.717, 1.165) is 6.54 Å². The van der Waals surface area contributed by atoms with Gasteiger partial charge in [0.15, 0.2) is 0 Å². The van der Waals surface area contributed by atoms with Gasteiger partial charge in [-0.2, -0.15) is 11.8 Å². The number of alkyl halides is 1. The summed E-state index contributed by atoms with van der Waals surface area (Å²) in [6.07, 6.45) is 8.58. The molecule has 1 aliphatic rings. The molecule has 0 aromatic rings. The molecule has 0 radical (unpaired) electrons. The molecule has 0 heterocycles. The molecule has 0 unspecified atom stereocenters. The molecule has 1 amide bonds. The number of hydrogen-bond acceptors (Lipinski definition) is 2. The molecule has 1 N–H and O–H groups in total. The molecule has 0 saturated heterocycles. The van der Waals surface area contributed by atoms with E-state index in [4.69, 9.17) is 0 Å². The first-order valence-electron chi connectivity index (χ1n) is 5.92. The van der Waals surface area contributed by atoms with Crippen molar-refractivity contribution in [2.75, 3.05) is 12.8 Å². The molecule has 16 heavy (non-hydrogen) atoms. The van der Waals surface area contributed by atoms with Crippen LogP contribution in [-0.4, -0.2) is 27.8 Å². The van der Waals surface area contributed by atoms with Crippen molar-refractivity contribution in [3.63, 3.8) is 0 Å². The van der Waals surface area contributed by atoms with E-state index in [1.54, 1.807) is 0 Å².